The van der Waals surface area contributed by atoms with Gasteiger partial charge in [0.2, 0.25) is 11.9 Å². The van der Waals surface area contributed by atoms with Crippen molar-refractivity contribution in [3.8, 4) is 0 Å². The molecule has 7 nitrogen and oxygen atoms in total. The van der Waals surface area contributed by atoms with Crippen molar-refractivity contribution < 1.29 is 4.74 Å². The molecule has 1 aromatic heterocycles. The first-order chi connectivity index (χ1) is 9.04. The average molecular weight is 266 g/mol. The SMILES string of the molecule is CN(Cc1nc(N)nc(N(C)C)n1)C[C@@H]1CCCO1. The predicted octanol–water partition coefficient (Wildman–Crippen LogP) is 0.131. The molecule has 1 atom stereocenters. The minimum absolute atomic E-state index is 0.263. The quantitative estimate of drug-likeness (QED) is 0.811. The van der Waals surface area contributed by atoms with Gasteiger partial charge in [0.15, 0.2) is 0 Å². The van der Waals surface area contributed by atoms with Crippen LogP contribution in [-0.4, -0.2) is 60.3 Å². The number of nitrogens with two attached hydrogens (primary N) is 1. The average Bonchev–Trinajstić information content (AvgIpc) is 2.80. The summed E-state index contributed by atoms with van der Waals surface area (Å²) in [5.41, 5.74) is 5.70. The van der Waals surface area contributed by atoms with Gasteiger partial charge in [0.05, 0.1) is 12.6 Å². The lowest BCUT2D eigenvalue weighted by Crippen LogP contribution is -2.29. The molecule has 7 heteroatoms. The molecule has 2 rings (SSSR count). The van der Waals surface area contributed by atoms with Crippen LogP contribution in [0.15, 0.2) is 0 Å². The number of aromatic nitrogens is 3. The second-order valence-electron chi connectivity index (χ2n) is 5.14. The van der Waals surface area contributed by atoms with Crippen molar-refractivity contribution in [1.82, 2.24) is 19.9 Å². The van der Waals surface area contributed by atoms with Crippen LogP contribution in [0.2, 0.25) is 0 Å². The van der Waals surface area contributed by atoms with E-state index in [1.54, 1.807) is 0 Å². The van der Waals surface area contributed by atoms with Crippen molar-refractivity contribution >= 4 is 11.9 Å². The molecule has 2 heterocycles. The topological polar surface area (TPSA) is 80.4 Å². The van der Waals surface area contributed by atoms with Crippen molar-refractivity contribution in [2.45, 2.75) is 25.5 Å². The lowest BCUT2D eigenvalue weighted by Gasteiger charge is -2.20. The van der Waals surface area contributed by atoms with Crippen LogP contribution in [0.4, 0.5) is 11.9 Å². The van der Waals surface area contributed by atoms with E-state index in [2.05, 4.69) is 19.9 Å². The molecule has 1 aromatic rings. The summed E-state index contributed by atoms with van der Waals surface area (Å²) in [4.78, 5) is 16.6. The highest BCUT2D eigenvalue weighted by Crippen LogP contribution is 2.14. The molecule has 0 spiro atoms. The molecular weight excluding hydrogens is 244 g/mol. The lowest BCUT2D eigenvalue weighted by molar-refractivity contribution is 0.0786. The highest BCUT2D eigenvalue weighted by molar-refractivity contribution is 5.32. The zero-order valence-corrected chi connectivity index (χ0v) is 11.8. The smallest absolute Gasteiger partial charge is 0.229 e. The van der Waals surface area contributed by atoms with E-state index in [1.807, 2.05) is 26.0 Å². The van der Waals surface area contributed by atoms with Crippen molar-refractivity contribution in [2.24, 2.45) is 0 Å². The summed E-state index contributed by atoms with van der Waals surface area (Å²) in [7, 11) is 5.81. The summed E-state index contributed by atoms with van der Waals surface area (Å²) in [6, 6.07) is 0. The van der Waals surface area contributed by atoms with Gasteiger partial charge in [0.1, 0.15) is 5.82 Å². The first-order valence-corrected chi connectivity index (χ1v) is 6.52. The second-order valence-corrected chi connectivity index (χ2v) is 5.14. The number of nitrogens with zero attached hydrogens (tertiary/aromatic N) is 5. The third-order valence-electron chi connectivity index (χ3n) is 3.04. The van der Waals surface area contributed by atoms with Crippen LogP contribution in [0.3, 0.4) is 0 Å². The first-order valence-electron chi connectivity index (χ1n) is 6.52. The van der Waals surface area contributed by atoms with Crippen molar-refractivity contribution in [1.29, 1.82) is 0 Å². The molecule has 1 saturated heterocycles. The highest BCUT2D eigenvalue weighted by atomic mass is 16.5. The van der Waals surface area contributed by atoms with E-state index in [4.69, 9.17) is 10.5 Å². The summed E-state index contributed by atoms with van der Waals surface area (Å²) in [6.45, 7) is 2.41. The van der Waals surface area contributed by atoms with Gasteiger partial charge >= 0.3 is 0 Å². The number of ether oxygens (including phenoxy) is 1. The van der Waals surface area contributed by atoms with Gasteiger partial charge in [-0.15, -0.1) is 0 Å². The third kappa shape index (κ3) is 4.00. The molecule has 1 aliphatic rings. The molecule has 106 valence electrons. The zero-order chi connectivity index (χ0) is 13.8. The first kappa shape index (κ1) is 14.0. The number of anilines is 2. The van der Waals surface area contributed by atoms with Crippen LogP contribution in [0.5, 0.6) is 0 Å². The summed E-state index contributed by atoms with van der Waals surface area (Å²) in [5.74, 6) is 1.55. The fraction of sp³-hybridized carbons (Fsp3) is 0.750. The van der Waals surface area contributed by atoms with Gasteiger partial charge in [-0.2, -0.15) is 15.0 Å². The van der Waals surface area contributed by atoms with Gasteiger partial charge in [-0.05, 0) is 19.9 Å². The van der Waals surface area contributed by atoms with E-state index < -0.39 is 0 Å². The monoisotopic (exact) mass is 266 g/mol. The van der Waals surface area contributed by atoms with Gasteiger partial charge in [-0.1, -0.05) is 0 Å². The Bertz CT molecular complexity index is 419. The fourth-order valence-corrected chi connectivity index (χ4v) is 2.14. The molecule has 0 saturated carbocycles. The van der Waals surface area contributed by atoms with Crippen LogP contribution in [0, 0.1) is 0 Å². The van der Waals surface area contributed by atoms with Crippen LogP contribution in [0.1, 0.15) is 18.7 Å². The minimum Gasteiger partial charge on any atom is -0.377 e. The van der Waals surface area contributed by atoms with Gasteiger partial charge in [0.25, 0.3) is 0 Å². The molecule has 0 aromatic carbocycles. The largest absolute Gasteiger partial charge is 0.377 e. The van der Waals surface area contributed by atoms with Gasteiger partial charge in [-0.3, -0.25) is 4.90 Å². The number of likely N-dealkylation sites (N-methyl/N-ethyl adjacent to an activating group) is 1. The number of hydrogen-bond acceptors (Lipinski definition) is 7. The molecule has 0 radical (unpaired) electrons. The van der Waals surface area contributed by atoms with E-state index in [-0.39, 0.29) is 5.95 Å². The molecule has 0 aliphatic carbocycles. The zero-order valence-electron chi connectivity index (χ0n) is 11.8. The Morgan fingerprint density at radius 2 is 2.05 bits per heavy atom. The number of nitrogen functional groups attached to an aromatic ring is 1. The molecule has 19 heavy (non-hydrogen) atoms. The Morgan fingerprint density at radius 3 is 2.68 bits per heavy atom. The van der Waals surface area contributed by atoms with Crippen molar-refractivity contribution in [3.05, 3.63) is 5.82 Å². The Morgan fingerprint density at radius 1 is 1.26 bits per heavy atom. The van der Waals surface area contributed by atoms with Crippen LogP contribution in [0.25, 0.3) is 0 Å². The van der Waals surface area contributed by atoms with Gasteiger partial charge < -0.3 is 15.4 Å². The van der Waals surface area contributed by atoms with E-state index in [9.17, 15) is 0 Å². The minimum atomic E-state index is 0.263. The van der Waals surface area contributed by atoms with E-state index >= 15 is 0 Å². The Kier molecular flexibility index (Phi) is 4.49. The van der Waals surface area contributed by atoms with E-state index in [0.717, 1.165) is 26.0 Å². The van der Waals surface area contributed by atoms with E-state index in [0.29, 0.717) is 24.4 Å². The maximum absolute atomic E-state index is 5.70. The predicted molar refractivity (Wildman–Crippen MR) is 73.9 cm³/mol. The molecule has 2 N–H and O–H groups in total. The van der Waals surface area contributed by atoms with Crippen molar-refractivity contribution in [2.75, 3.05) is 44.9 Å². The molecule has 1 fully saturated rings. The number of hydrogen-bond donors (Lipinski definition) is 1. The Balaban J connectivity index is 1.97. The van der Waals surface area contributed by atoms with Crippen LogP contribution < -0.4 is 10.6 Å². The highest BCUT2D eigenvalue weighted by Gasteiger charge is 2.18. The molecule has 0 bridgehead atoms. The van der Waals surface area contributed by atoms with Crippen LogP contribution in [-0.2, 0) is 11.3 Å². The summed E-state index contributed by atoms with van der Waals surface area (Å²) < 4.78 is 5.62. The standard InChI is InChI=1S/C12H22N6O/c1-17(2)12-15-10(14-11(13)16-12)8-18(3)7-9-5-4-6-19-9/h9H,4-8H2,1-3H3,(H2,13,14,15,16)/t9-/m0/s1. The number of rotatable bonds is 5. The van der Waals surface area contributed by atoms with Gasteiger partial charge in [0, 0.05) is 27.2 Å². The molecule has 1 aliphatic heterocycles. The Labute approximate surface area is 113 Å². The lowest BCUT2D eigenvalue weighted by atomic mass is 10.2. The van der Waals surface area contributed by atoms with E-state index in [1.165, 1.54) is 0 Å². The summed E-state index contributed by atoms with van der Waals surface area (Å²) in [5, 5.41) is 0. The maximum Gasteiger partial charge on any atom is 0.229 e. The molecule has 0 unspecified atom stereocenters. The second kappa shape index (κ2) is 6.12. The fourth-order valence-electron chi connectivity index (χ4n) is 2.14. The normalized spacial score (nSPS) is 19.1. The van der Waals surface area contributed by atoms with Gasteiger partial charge in [-0.25, -0.2) is 0 Å². The summed E-state index contributed by atoms with van der Waals surface area (Å²) >= 11 is 0. The van der Waals surface area contributed by atoms with Crippen molar-refractivity contribution in [3.63, 3.8) is 0 Å². The third-order valence-corrected chi connectivity index (χ3v) is 3.04. The van der Waals surface area contributed by atoms with Crippen LogP contribution >= 0.6 is 0 Å². The Hall–Kier alpha value is -1.47. The molecular formula is C12H22N6O. The molecule has 0 amide bonds. The summed E-state index contributed by atoms with van der Waals surface area (Å²) in [6.07, 6.45) is 2.62. The maximum atomic E-state index is 5.70.